The number of methoxy groups -OCH3 is 3. The second kappa shape index (κ2) is 7.09. The lowest BCUT2D eigenvalue weighted by Crippen LogP contribution is -2.04. The van der Waals surface area contributed by atoms with Crippen LogP contribution in [0.2, 0.25) is 5.02 Å². The van der Waals surface area contributed by atoms with Crippen molar-refractivity contribution < 1.29 is 14.2 Å². The van der Waals surface area contributed by atoms with Crippen molar-refractivity contribution in [3.8, 4) is 17.2 Å². The molecule has 0 bridgehead atoms. The van der Waals surface area contributed by atoms with E-state index in [1.807, 2.05) is 36.4 Å². The maximum atomic E-state index is 6.23. The van der Waals surface area contributed by atoms with Crippen LogP contribution in [-0.2, 0) is 6.54 Å². The maximum absolute atomic E-state index is 6.23. The Hall–Kier alpha value is -2.07. The SMILES string of the molecule is COc1ccc(OC)c(NCc2c(Cl)cccc2OC)c1. The number of halogens is 1. The number of rotatable bonds is 6. The number of benzene rings is 2. The molecule has 1 N–H and O–H groups in total. The van der Waals surface area contributed by atoms with Crippen LogP contribution in [0.15, 0.2) is 36.4 Å². The molecule has 0 aromatic heterocycles. The van der Waals surface area contributed by atoms with Crippen LogP contribution in [0.5, 0.6) is 17.2 Å². The van der Waals surface area contributed by atoms with Crippen molar-refractivity contribution in [3.05, 3.63) is 47.0 Å². The van der Waals surface area contributed by atoms with Gasteiger partial charge in [0.15, 0.2) is 0 Å². The molecule has 0 saturated carbocycles. The smallest absolute Gasteiger partial charge is 0.142 e. The van der Waals surface area contributed by atoms with Gasteiger partial charge in [-0.1, -0.05) is 17.7 Å². The van der Waals surface area contributed by atoms with Crippen molar-refractivity contribution in [2.45, 2.75) is 6.54 Å². The summed E-state index contributed by atoms with van der Waals surface area (Å²) in [7, 11) is 4.88. The summed E-state index contributed by atoms with van der Waals surface area (Å²) in [4.78, 5) is 0. The first-order chi connectivity index (χ1) is 10.2. The third-order valence-electron chi connectivity index (χ3n) is 3.16. The summed E-state index contributed by atoms with van der Waals surface area (Å²) >= 11 is 6.23. The molecule has 0 aliphatic heterocycles. The number of hydrogen-bond donors (Lipinski definition) is 1. The minimum Gasteiger partial charge on any atom is -0.497 e. The number of nitrogens with one attached hydrogen (secondary N) is 1. The van der Waals surface area contributed by atoms with Crippen LogP contribution in [-0.4, -0.2) is 21.3 Å². The molecule has 0 fully saturated rings. The molecule has 0 spiro atoms. The van der Waals surface area contributed by atoms with Gasteiger partial charge >= 0.3 is 0 Å². The lowest BCUT2D eigenvalue weighted by Gasteiger charge is -2.15. The molecular formula is C16H18ClNO3. The Labute approximate surface area is 129 Å². The zero-order valence-corrected chi connectivity index (χ0v) is 13.0. The summed E-state index contributed by atoms with van der Waals surface area (Å²) in [6.45, 7) is 0.520. The Morgan fingerprint density at radius 2 is 1.71 bits per heavy atom. The number of ether oxygens (including phenoxy) is 3. The molecule has 2 aromatic carbocycles. The predicted octanol–water partition coefficient (Wildman–Crippen LogP) is 3.98. The van der Waals surface area contributed by atoms with Crippen LogP contribution in [0.4, 0.5) is 5.69 Å². The topological polar surface area (TPSA) is 39.7 Å². The molecule has 0 saturated heterocycles. The Morgan fingerprint density at radius 1 is 0.952 bits per heavy atom. The monoisotopic (exact) mass is 307 g/mol. The van der Waals surface area contributed by atoms with Crippen LogP contribution in [0.3, 0.4) is 0 Å². The molecule has 0 radical (unpaired) electrons. The van der Waals surface area contributed by atoms with Crippen molar-refractivity contribution in [2.75, 3.05) is 26.6 Å². The van der Waals surface area contributed by atoms with Gasteiger partial charge in [0, 0.05) is 23.2 Å². The molecule has 0 unspecified atom stereocenters. The molecule has 0 heterocycles. The first-order valence-electron chi connectivity index (χ1n) is 6.47. The van der Waals surface area contributed by atoms with E-state index in [-0.39, 0.29) is 0 Å². The summed E-state index contributed by atoms with van der Waals surface area (Å²) in [5.74, 6) is 2.24. The van der Waals surface area contributed by atoms with Crippen LogP contribution < -0.4 is 19.5 Å². The molecule has 0 aliphatic carbocycles. The first kappa shape index (κ1) is 15.3. The molecule has 0 atom stereocenters. The van der Waals surface area contributed by atoms with Crippen molar-refractivity contribution in [1.29, 1.82) is 0 Å². The molecule has 112 valence electrons. The van der Waals surface area contributed by atoms with Gasteiger partial charge in [0.25, 0.3) is 0 Å². The van der Waals surface area contributed by atoms with E-state index in [0.717, 1.165) is 28.5 Å². The van der Waals surface area contributed by atoms with Gasteiger partial charge in [-0.2, -0.15) is 0 Å². The van der Waals surface area contributed by atoms with Crippen LogP contribution in [0, 0.1) is 0 Å². The highest BCUT2D eigenvalue weighted by atomic mass is 35.5. The summed E-state index contributed by atoms with van der Waals surface area (Å²) < 4.78 is 15.9. The second-order valence-electron chi connectivity index (χ2n) is 4.34. The largest absolute Gasteiger partial charge is 0.497 e. The maximum Gasteiger partial charge on any atom is 0.142 e. The second-order valence-corrected chi connectivity index (χ2v) is 4.75. The van der Waals surface area contributed by atoms with Gasteiger partial charge < -0.3 is 19.5 Å². The molecule has 4 nitrogen and oxygen atoms in total. The van der Waals surface area contributed by atoms with E-state index in [1.54, 1.807) is 21.3 Å². The van der Waals surface area contributed by atoms with E-state index in [1.165, 1.54) is 0 Å². The standard InChI is InChI=1S/C16H18ClNO3/c1-19-11-7-8-16(21-3)14(9-11)18-10-12-13(17)5-4-6-15(12)20-2/h4-9,18H,10H2,1-3H3. The number of hydrogen-bond acceptors (Lipinski definition) is 4. The Kier molecular flexibility index (Phi) is 5.17. The third kappa shape index (κ3) is 3.52. The fourth-order valence-corrected chi connectivity index (χ4v) is 2.27. The lowest BCUT2D eigenvalue weighted by atomic mass is 10.2. The van der Waals surface area contributed by atoms with Crippen LogP contribution >= 0.6 is 11.6 Å². The van der Waals surface area contributed by atoms with Gasteiger partial charge in [0.1, 0.15) is 17.2 Å². The molecule has 0 amide bonds. The van der Waals surface area contributed by atoms with Crippen LogP contribution in [0.1, 0.15) is 5.56 Å². The minimum absolute atomic E-state index is 0.520. The molecular weight excluding hydrogens is 290 g/mol. The van der Waals surface area contributed by atoms with Gasteiger partial charge in [0.05, 0.1) is 27.0 Å². The molecule has 2 rings (SSSR count). The Balaban J connectivity index is 2.24. The fourth-order valence-electron chi connectivity index (χ4n) is 2.04. The summed E-state index contributed by atoms with van der Waals surface area (Å²) in [6, 6.07) is 11.2. The van der Waals surface area contributed by atoms with Gasteiger partial charge in [0.2, 0.25) is 0 Å². The summed E-state index contributed by atoms with van der Waals surface area (Å²) in [5, 5.41) is 3.96. The van der Waals surface area contributed by atoms with Gasteiger partial charge in [-0.05, 0) is 24.3 Å². The van der Waals surface area contributed by atoms with E-state index < -0.39 is 0 Å². The van der Waals surface area contributed by atoms with Crippen LogP contribution in [0.25, 0.3) is 0 Å². The third-order valence-corrected chi connectivity index (χ3v) is 3.51. The van der Waals surface area contributed by atoms with E-state index in [2.05, 4.69) is 5.32 Å². The average molecular weight is 308 g/mol. The van der Waals surface area contributed by atoms with E-state index >= 15 is 0 Å². The van der Waals surface area contributed by atoms with Crippen molar-refractivity contribution in [1.82, 2.24) is 0 Å². The highest BCUT2D eigenvalue weighted by Gasteiger charge is 2.10. The van der Waals surface area contributed by atoms with Gasteiger partial charge in [-0.15, -0.1) is 0 Å². The molecule has 5 heteroatoms. The lowest BCUT2D eigenvalue weighted by molar-refractivity contribution is 0.404. The fraction of sp³-hybridized carbons (Fsp3) is 0.250. The van der Waals surface area contributed by atoms with E-state index in [4.69, 9.17) is 25.8 Å². The molecule has 2 aromatic rings. The zero-order valence-electron chi connectivity index (χ0n) is 12.3. The first-order valence-corrected chi connectivity index (χ1v) is 6.84. The molecule has 0 aliphatic rings. The van der Waals surface area contributed by atoms with Gasteiger partial charge in [-0.3, -0.25) is 0 Å². The quantitative estimate of drug-likeness (QED) is 0.876. The number of anilines is 1. The van der Waals surface area contributed by atoms with E-state index in [0.29, 0.717) is 11.6 Å². The van der Waals surface area contributed by atoms with Crippen molar-refractivity contribution in [3.63, 3.8) is 0 Å². The highest BCUT2D eigenvalue weighted by molar-refractivity contribution is 6.31. The Morgan fingerprint density at radius 3 is 2.38 bits per heavy atom. The summed E-state index contributed by atoms with van der Waals surface area (Å²) in [5.41, 5.74) is 1.73. The summed E-state index contributed by atoms with van der Waals surface area (Å²) in [6.07, 6.45) is 0. The van der Waals surface area contributed by atoms with Crippen molar-refractivity contribution >= 4 is 17.3 Å². The zero-order chi connectivity index (χ0) is 15.2. The Bertz CT molecular complexity index is 616. The molecule has 21 heavy (non-hydrogen) atoms. The van der Waals surface area contributed by atoms with Gasteiger partial charge in [-0.25, -0.2) is 0 Å². The minimum atomic E-state index is 0.520. The van der Waals surface area contributed by atoms with Crippen molar-refractivity contribution in [2.24, 2.45) is 0 Å². The highest BCUT2D eigenvalue weighted by Crippen LogP contribution is 2.31. The normalized spacial score (nSPS) is 10.1. The average Bonchev–Trinajstić information content (AvgIpc) is 2.53. The van der Waals surface area contributed by atoms with E-state index in [9.17, 15) is 0 Å². The predicted molar refractivity (Wildman–Crippen MR) is 84.9 cm³/mol.